The molecule has 0 spiro atoms. The zero-order valence-electron chi connectivity index (χ0n) is 14.2. The first-order valence-corrected chi connectivity index (χ1v) is 9.47. The van der Waals surface area contributed by atoms with E-state index in [0.717, 1.165) is 18.1 Å². The molecule has 0 aromatic heterocycles. The zero-order chi connectivity index (χ0) is 14.7. The number of rotatable bonds is 4. The van der Waals surface area contributed by atoms with Crippen molar-refractivity contribution < 1.29 is 0 Å². The maximum absolute atomic E-state index is 3.86. The van der Waals surface area contributed by atoms with Crippen LogP contribution in [0.4, 0.5) is 0 Å². The Labute approximate surface area is 131 Å². The molecule has 21 heavy (non-hydrogen) atoms. The van der Waals surface area contributed by atoms with Crippen LogP contribution in [0.5, 0.6) is 0 Å². The lowest BCUT2D eigenvalue weighted by atomic mass is 9.94. The first-order valence-electron chi connectivity index (χ1n) is 9.47. The smallest absolute Gasteiger partial charge is 0.0224 e. The number of piperidine rings is 1. The van der Waals surface area contributed by atoms with Gasteiger partial charge in [0.1, 0.15) is 0 Å². The maximum atomic E-state index is 3.86. The lowest BCUT2D eigenvalue weighted by Crippen LogP contribution is -2.62. The van der Waals surface area contributed by atoms with Crippen LogP contribution in [-0.4, -0.2) is 60.1 Å². The minimum atomic E-state index is 0.686. The van der Waals surface area contributed by atoms with Crippen LogP contribution >= 0.6 is 0 Å². The highest BCUT2D eigenvalue weighted by Gasteiger charge is 2.34. The number of nitrogens with zero attached hydrogens (tertiary/aromatic N) is 2. The van der Waals surface area contributed by atoms with Crippen LogP contribution in [0, 0.1) is 0 Å². The summed E-state index contributed by atoms with van der Waals surface area (Å²) in [5, 5.41) is 3.86. The van der Waals surface area contributed by atoms with Gasteiger partial charge in [-0.25, -0.2) is 0 Å². The maximum Gasteiger partial charge on any atom is 0.0224 e. The largest absolute Gasteiger partial charge is 0.312 e. The molecule has 3 atom stereocenters. The van der Waals surface area contributed by atoms with Gasteiger partial charge in [0.25, 0.3) is 0 Å². The minimum absolute atomic E-state index is 0.686. The second kappa shape index (κ2) is 7.43. The van der Waals surface area contributed by atoms with Gasteiger partial charge in [0, 0.05) is 43.8 Å². The van der Waals surface area contributed by atoms with E-state index < -0.39 is 0 Å². The predicted molar refractivity (Wildman–Crippen MR) is 89.7 cm³/mol. The van der Waals surface area contributed by atoms with Crippen molar-refractivity contribution in [1.29, 1.82) is 0 Å². The van der Waals surface area contributed by atoms with Crippen molar-refractivity contribution in [1.82, 2.24) is 15.1 Å². The quantitative estimate of drug-likeness (QED) is 0.860. The highest BCUT2D eigenvalue weighted by Crippen LogP contribution is 2.25. The van der Waals surface area contributed by atoms with Crippen LogP contribution in [0.2, 0.25) is 0 Å². The zero-order valence-corrected chi connectivity index (χ0v) is 14.2. The molecule has 3 rings (SSSR count). The van der Waals surface area contributed by atoms with Crippen molar-refractivity contribution in [3.63, 3.8) is 0 Å². The number of hydrogen-bond acceptors (Lipinski definition) is 3. The van der Waals surface area contributed by atoms with E-state index in [1.54, 1.807) is 0 Å². The second-order valence-electron chi connectivity index (χ2n) is 7.78. The molecular weight excluding hydrogens is 258 g/mol. The first kappa shape index (κ1) is 15.8. The highest BCUT2D eigenvalue weighted by atomic mass is 15.3. The Morgan fingerprint density at radius 1 is 1.00 bits per heavy atom. The van der Waals surface area contributed by atoms with E-state index >= 15 is 0 Å². The van der Waals surface area contributed by atoms with Gasteiger partial charge in [0.15, 0.2) is 0 Å². The van der Waals surface area contributed by atoms with Crippen LogP contribution in [0.1, 0.15) is 65.2 Å². The Hall–Kier alpha value is -0.120. The molecule has 3 unspecified atom stereocenters. The summed E-state index contributed by atoms with van der Waals surface area (Å²) in [6, 6.07) is 3.05. The van der Waals surface area contributed by atoms with Crippen LogP contribution in [-0.2, 0) is 0 Å². The van der Waals surface area contributed by atoms with Gasteiger partial charge in [0.05, 0.1) is 0 Å². The predicted octanol–water partition coefficient (Wildman–Crippen LogP) is 2.86. The fourth-order valence-corrected chi connectivity index (χ4v) is 4.75. The van der Waals surface area contributed by atoms with Crippen LogP contribution in [0.25, 0.3) is 0 Å². The van der Waals surface area contributed by atoms with Crippen molar-refractivity contribution in [3.05, 3.63) is 0 Å². The van der Waals surface area contributed by atoms with Gasteiger partial charge in [-0.2, -0.15) is 0 Å². The third-order valence-corrected chi connectivity index (χ3v) is 6.11. The summed E-state index contributed by atoms with van der Waals surface area (Å²) in [5.41, 5.74) is 0. The number of piperazine rings is 1. The summed E-state index contributed by atoms with van der Waals surface area (Å²) in [6.45, 7) is 9.99. The molecule has 0 radical (unpaired) electrons. The van der Waals surface area contributed by atoms with E-state index in [0.29, 0.717) is 6.04 Å². The summed E-state index contributed by atoms with van der Waals surface area (Å²) in [4.78, 5) is 5.54. The molecule has 1 aliphatic carbocycles. The van der Waals surface area contributed by atoms with Crippen molar-refractivity contribution >= 4 is 0 Å². The van der Waals surface area contributed by atoms with Crippen molar-refractivity contribution in [2.75, 3.05) is 26.2 Å². The summed E-state index contributed by atoms with van der Waals surface area (Å²) < 4.78 is 0. The molecule has 2 saturated heterocycles. The Balaban J connectivity index is 1.47. The summed E-state index contributed by atoms with van der Waals surface area (Å²) >= 11 is 0. The fraction of sp³-hybridized carbons (Fsp3) is 1.00. The molecule has 3 aliphatic rings. The van der Waals surface area contributed by atoms with Gasteiger partial charge in [0.2, 0.25) is 0 Å². The number of fused-ring (bicyclic) bond motifs is 1. The Morgan fingerprint density at radius 2 is 1.76 bits per heavy atom. The summed E-state index contributed by atoms with van der Waals surface area (Å²) in [7, 11) is 0. The molecule has 0 aromatic carbocycles. The summed E-state index contributed by atoms with van der Waals surface area (Å²) in [6.07, 6.45) is 11.4. The topological polar surface area (TPSA) is 18.5 Å². The van der Waals surface area contributed by atoms with Crippen molar-refractivity contribution in [3.8, 4) is 0 Å². The van der Waals surface area contributed by atoms with E-state index in [-0.39, 0.29) is 0 Å². The molecule has 1 saturated carbocycles. The lowest BCUT2D eigenvalue weighted by molar-refractivity contribution is -0.00439. The normalized spacial score (nSPS) is 34.6. The third kappa shape index (κ3) is 4.00. The molecule has 0 bridgehead atoms. The molecule has 2 heterocycles. The van der Waals surface area contributed by atoms with Crippen molar-refractivity contribution in [2.24, 2.45) is 0 Å². The molecule has 3 fully saturated rings. The molecule has 0 aromatic rings. The SMILES string of the molecule is CC(CNC1CCCCC1)N1CC2CCCCN2CC1C. The Bertz CT molecular complexity index is 314. The average Bonchev–Trinajstić information content (AvgIpc) is 2.53. The van der Waals surface area contributed by atoms with Gasteiger partial charge >= 0.3 is 0 Å². The molecule has 2 aliphatic heterocycles. The van der Waals surface area contributed by atoms with E-state index in [2.05, 4.69) is 29.0 Å². The number of hydrogen-bond donors (Lipinski definition) is 1. The highest BCUT2D eigenvalue weighted by molar-refractivity contribution is 4.91. The molecule has 1 N–H and O–H groups in total. The third-order valence-electron chi connectivity index (χ3n) is 6.11. The monoisotopic (exact) mass is 293 g/mol. The summed E-state index contributed by atoms with van der Waals surface area (Å²) in [5.74, 6) is 0. The van der Waals surface area contributed by atoms with E-state index in [1.165, 1.54) is 77.5 Å². The molecular formula is C18H35N3. The van der Waals surface area contributed by atoms with E-state index in [4.69, 9.17) is 0 Å². The van der Waals surface area contributed by atoms with E-state index in [9.17, 15) is 0 Å². The molecule has 3 heteroatoms. The van der Waals surface area contributed by atoms with Gasteiger partial charge in [-0.05, 0) is 46.1 Å². The van der Waals surface area contributed by atoms with Gasteiger partial charge < -0.3 is 5.32 Å². The van der Waals surface area contributed by atoms with Crippen molar-refractivity contribution in [2.45, 2.75) is 89.4 Å². The molecule has 0 amide bonds. The lowest BCUT2D eigenvalue weighted by Gasteiger charge is -2.49. The standard InChI is InChI=1S/C18H35N3/c1-15(12-19-17-8-4-3-5-9-17)21-14-18-10-6-7-11-20(18)13-16(21)2/h15-19H,3-14H2,1-2H3. The fourth-order valence-electron chi connectivity index (χ4n) is 4.75. The molecule has 122 valence electrons. The second-order valence-corrected chi connectivity index (χ2v) is 7.78. The Kier molecular flexibility index (Phi) is 5.58. The van der Waals surface area contributed by atoms with E-state index in [1.807, 2.05) is 0 Å². The van der Waals surface area contributed by atoms with Crippen LogP contribution in [0.3, 0.4) is 0 Å². The first-order chi connectivity index (χ1) is 10.2. The molecule has 3 nitrogen and oxygen atoms in total. The van der Waals surface area contributed by atoms with Gasteiger partial charge in [-0.1, -0.05) is 25.7 Å². The van der Waals surface area contributed by atoms with Crippen LogP contribution < -0.4 is 5.32 Å². The number of nitrogens with one attached hydrogen (secondary N) is 1. The van der Waals surface area contributed by atoms with Crippen LogP contribution in [0.15, 0.2) is 0 Å². The van der Waals surface area contributed by atoms with Gasteiger partial charge in [-0.15, -0.1) is 0 Å². The van der Waals surface area contributed by atoms with Gasteiger partial charge in [-0.3, -0.25) is 9.80 Å². The minimum Gasteiger partial charge on any atom is -0.312 e. The average molecular weight is 293 g/mol. The Morgan fingerprint density at radius 3 is 2.57 bits per heavy atom.